The van der Waals surface area contributed by atoms with Crippen LogP contribution in [0.25, 0.3) is 0 Å². The Kier molecular flexibility index (Phi) is 10.9. The lowest BCUT2D eigenvalue weighted by Crippen LogP contribution is -2.58. The summed E-state index contributed by atoms with van der Waals surface area (Å²) in [7, 11) is 0. The Morgan fingerprint density at radius 3 is 1.90 bits per heavy atom. The van der Waals surface area contributed by atoms with Crippen molar-refractivity contribution in [3.05, 3.63) is 0 Å². The Bertz CT molecular complexity index is 651. The van der Waals surface area contributed by atoms with Crippen molar-refractivity contribution in [2.75, 3.05) is 6.54 Å². The van der Waals surface area contributed by atoms with Crippen molar-refractivity contribution in [2.45, 2.75) is 51.2 Å². The van der Waals surface area contributed by atoms with Crippen molar-refractivity contribution in [3.63, 3.8) is 0 Å². The molecule has 0 aliphatic rings. The summed E-state index contributed by atoms with van der Waals surface area (Å²) in [5, 5.41) is 24.7. The van der Waals surface area contributed by atoms with Crippen LogP contribution in [0.5, 0.6) is 0 Å². The maximum Gasteiger partial charge on any atom is 0.326 e. The van der Waals surface area contributed by atoms with Gasteiger partial charge in [0.1, 0.15) is 18.1 Å². The highest BCUT2D eigenvalue weighted by Crippen LogP contribution is 2.06. The number of rotatable bonds is 13. The molecule has 0 rings (SSSR count). The summed E-state index contributed by atoms with van der Waals surface area (Å²) in [6, 6.07) is -4.13. The van der Waals surface area contributed by atoms with Gasteiger partial charge in [-0.3, -0.25) is 24.0 Å². The lowest BCUT2D eigenvalue weighted by molar-refractivity contribution is -0.143. The fraction of sp³-hybridized carbons (Fsp3) is 0.625. The van der Waals surface area contributed by atoms with E-state index in [2.05, 4.69) is 16.0 Å². The second-order valence-electron chi connectivity index (χ2n) is 6.56. The third-order valence-corrected chi connectivity index (χ3v) is 3.76. The molecule has 13 heteroatoms. The molecule has 0 radical (unpaired) electrons. The van der Waals surface area contributed by atoms with Gasteiger partial charge in [-0.1, -0.05) is 13.8 Å². The van der Waals surface area contributed by atoms with Crippen molar-refractivity contribution < 1.29 is 39.0 Å². The van der Waals surface area contributed by atoms with Crippen LogP contribution < -0.4 is 27.4 Å². The molecule has 9 N–H and O–H groups in total. The number of nitrogens with one attached hydrogen (secondary N) is 3. The van der Waals surface area contributed by atoms with Gasteiger partial charge in [0, 0.05) is 6.42 Å². The van der Waals surface area contributed by atoms with Crippen LogP contribution >= 0.6 is 0 Å². The highest BCUT2D eigenvalue weighted by atomic mass is 16.4. The Balaban J connectivity index is 5.29. The Labute approximate surface area is 166 Å². The van der Waals surface area contributed by atoms with E-state index in [-0.39, 0.29) is 12.8 Å². The summed E-state index contributed by atoms with van der Waals surface area (Å²) < 4.78 is 0. The van der Waals surface area contributed by atoms with Gasteiger partial charge in [0.15, 0.2) is 0 Å². The SMILES string of the molecule is CC(C)C(NC(=O)C(CC(=O)O)NC(=O)CN)C(=O)NC(CCC(N)=O)C(=O)O. The molecule has 0 aromatic carbocycles. The molecule has 0 heterocycles. The third kappa shape index (κ3) is 10.0. The molecule has 3 unspecified atom stereocenters. The highest BCUT2D eigenvalue weighted by molar-refractivity contribution is 5.95. The highest BCUT2D eigenvalue weighted by Gasteiger charge is 2.32. The standard InChI is InChI=1S/C16H27N5O8/c1-7(2)13(15(27)20-8(16(28)29)3-4-10(18)22)21-14(26)9(5-12(24)25)19-11(23)6-17/h7-9,13H,3-6,17H2,1-2H3,(H2,18,22)(H,19,23)(H,20,27)(H,21,26)(H,24,25)(H,28,29). The van der Waals surface area contributed by atoms with Gasteiger partial charge < -0.3 is 37.6 Å². The van der Waals surface area contributed by atoms with Crippen molar-refractivity contribution in [1.29, 1.82) is 0 Å². The molecular weight excluding hydrogens is 390 g/mol. The van der Waals surface area contributed by atoms with E-state index in [9.17, 15) is 33.9 Å². The zero-order valence-electron chi connectivity index (χ0n) is 16.1. The average Bonchev–Trinajstić information content (AvgIpc) is 2.60. The fourth-order valence-electron chi connectivity index (χ4n) is 2.23. The largest absolute Gasteiger partial charge is 0.481 e. The number of carbonyl (C=O) groups excluding carboxylic acids is 4. The number of primary amides is 1. The van der Waals surface area contributed by atoms with Crippen LogP contribution in [0.1, 0.15) is 33.1 Å². The first-order valence-corrected chi connectivity index (χ1v) is 8.72. The second kappa shape index (κ2) is 12.3. The molecule has 0 aromatic rings. The number of aliphatic carboxylic acids is 2. The van der Waals surface area contributed by atoms with Gasteiger partial charge in [0.05, 0.1) is 13.0 Å². The summed E-state index contributed by atoms with van der Waals surface area (Å²) in [6.45, 7) is 2.65. The summed E-state index contributed by atoms with van der Waals surface area (Å²) in [5.74, 6) is -6.60. The van der Waals surface area contributed by atoms with E-state index in [1.54, 1.807) is 13.8 Å². The number of amides is 4. The van der Waals surface area contributed by atoms with Crippen LogP contribution in [0.4, 0.5) is 0 Å². The molecule has 0 spiro atoms. The molecule has 13 nitrogen and oxygen atoms in total. The third-order valence-electron chi connectivity index (χ3n) is 3.76. The van der Waals surface area contributed by atoms with Gasteiger partial charge >= 0.3 is 11.9 Å². The number of hydrogen-bond acceptors (Lipinski definition) is 7. The number of nitrogens with two attached hydrogens (primary N) is 2. The Morgan fingerprint density at radius 2 is 1.48 bits per heavy atom. The van der Waals surface area contributed by atoms with Crippen LogP contribution in [0.3, 0.4) is 0 Å². The lowest BCUT2D eigenvalue weighted by Gasteiger charge is -2.26. The van der Waals surface area contributed by atoms with Crippen molar-refractivity contribution in [1.82, 2.24) is 16.0 Å². The molecule has 0 aliphatic carbocycles. The van der Waals surface area contributed by atoms with E-state index in [0.29, 0.717) is 0 Å². The van der Waals surface area contributed by atoms with E-state index in [1.165, 1.54) is 0 Å². The smallest absolute Gasteiger partial charge is 0.326 e. The van der Waals surface area contributed by atoms with Crippen molar-refractivity contribution in [2.24, 2.45) is 17.4 Å². The minimum atomic E-state index is -1.48. The zero-order chi connectivity index (χ0) is 22.7. The van der Waals surface area contributed by atoms with Gasteiger partial charge in [-0.05, 0) is 12.3 Å². The first kappa shape index (κ1) is 25.8. The molecule has 29 heavy (non-hydrogen) atoms. The minimum absolute atomic E-state index is 0.247. The van der Waals surface area contributed by atoms with E-state index in [0.717, 1.165) is 0 Å². The van der Waals surface area contributed by atoms with E-state index in [1.807, 2.05) is 0 Å². The molecule has 164 valence electrons. The Morgan fingerprint density at radius 1 is 0.897 bits per heavy atom. The molecule has 4 amide bonds. The van der Waals surface area contributed by atoms with Crippen molar-refractivity contribution >= 4 is 35.6 Å². The van der Waals surface area contributed by atoms with Crippen LogP contribution in [0, 0.1) is 5.92 Å². The summed E-state index contributed by atoms with van der Waals surface area (Å²) in [6.07, 6.45) is -1.27. The molecule has 0 aliphatic heterocycles. The maximum atomic E-state index is 12.5. The summed E-state index contributed by atoms with van der Waals surface area (Å²) in [5.41, 5.74) is 10.1. The van der Waals surface area contributed by atoms with Crippen LogP contribution in [-0.4, -0.2) is 70.5 Å². The number of hydrogen-bond donors (Lipinski definition) is 7. The molecule has 3 atom stereocenters. The lowest BCUT2D eigenvalue weighted by atomic mass is 10.0. The van der Waals surface area contributed by atoms with Gasteiger partial charge in [-0.25, -0.2) is 4.79 Å². The monoisotopic (exact) mass is 417 g/mol. The normalized spacial score (nSPS) is 13.7. The first-order chi connectivity index (χ1) is 13.4. The van der Waals surface area contributed by atoms with Crippen molar-refractivity contribution in [3.8, 4) is 0 Å². The molecule has 0 bridgehead atoms. The molecular formula is C16H27N5O8. The predicted octanol–water partition coefficient (Wildman–Crippen LogP) is -3.12. The number of carboxylic acids is 2. The van der Waals surface area contributed by atoms with E-state index >= 15 is 0 Å². The summed E-state index contributed by atoms with van der Waals surface area (Å²) >= 11 is 0. The Hall–Kier alpha value is -3.22. The molecule has 0 aromatic heterocycles. The van der Waals surface area contributed by atoms with Gasteiger partial charge in [-0.15, -0.1) is 0 Å². The quantitative estimate of drug-likeness (QED) is 0.160. The van der Waals surface area contributed by atoms with Crippen LogP contribution in [0.15, 0.2) is 0 Å². The number of carboxylic acid groups (broad SMARTS) is 2. The first-order valence-electron chi connectivity index (χ1n) is 8.72. The molecule has 0 fully saturated rings. The van der Waals surface area contributed by atoms with E-state index < -0.39 is 72.6 Å². The fourth-order valence-corrected chi connectivity index (χ4v) is 2.23. The van der Waals surface area contributed by atoms with E-state index in [4.69, 9.17) is 16.6 Å². The molecule has 0 saturated carbocycles. The van der Waals surface area contributed by atoms with Crippen LogP contribution in [-0.2, 0) is 28.8 Å². The topological polar surface area (TPSA) is 231 Å². The van der Waals surface area contributed by atoms with Gasteiger partial charge in [0.2, 0.25) is 23.6 Å². The van der Waals surface area contributed by atoms with Gasteiger partial charge in [0.25, 0.3) is 0 Å². The zero-order valence-corrected chi connectivity index (χ0v) is 16.1. The number of carbonyl (C=O) groups is 6. The van der Waals surface area contributed by atoms with Crippen LogP contribution in [0.2, 0.25) is 0 Å². The summed E-state index contributed by atoms with van der Waals surface area (Å²) in [4.78, 5) is 69.3. The molecule has 0 saturated heterocycles. The van der Waals surface area contributed by atoms with Gasteiger partial charge in [-0.2, -0.15) is 0 Å². The minimum Gasteiger partial charge on any atom is -0.481 e. The maximum absolute atomic E-state index is 12.5. The second-order valence-corrected chi connectivity index (χ2v) is 6.56. The average molecular weight is 417 g/mol. The predicted molar refractivity (Wildman–Crippen MR) is 98.0 cm³/mol.